The van der Waals surface area contributed by atoms with Crippen molar-refractivity contribution in [2.45, 2.75) is 32.4 Å². The summed E-state index contributed by atoms with van der Waals surface area (Å²) in [5.74, 6) is -0.746. The van der Waals surface area contributed by atoms with Crippen molar-refractivity contribution < 1.29 is 9.18 Å². The van der Waals surface area contributed by atoms with Crippen LogP contribution in [0.4, 0.5) is 10.1 Å². The lowest BCUT2D eigenvalue weighted by molar-refractivity contribution is -0.116. The average Bonchev–Trinajstić information content (AvgIpc) is 3.39. The second kappa shape index (κ2) is 11.0. The highest BCUT2D eigenvalue weighted by Crippen LogP contribution is 2.41. The highest BCUT2D eigenvalue weighted by atomic mass is 79.9. The van der Waals surface area contributed by atoms with Gasteiger partial charge in [0, 0.05) is 40.7 Å². The van der Waals surface area contributed by atoms with Crippen LogP contribution in [0.3, 0.4) is 0 Å². The molecule has 0 bridgehead atoms. The number of carbonyl (C=O) groups is 1. The number of rotatable bonds is 7. The third kappa shape index (κ3) is 5.21. The Balaban J connectivity index is 1.48. The summed E-state index contributed by atoms with van der Waals surface area (Å²) >= 11 is 9.36. The first-order chi connectivity index (χ1) is 18.3. The van der Waals surface area contributed by atoms with Gasteiger partial charge in [-0.2, -0.15) is 0 Å². The molecule has 1 aliphatic rings. The van der Waals surface area contributed by atoms with Gasteiger partial charge >= 0.3 is 0 Å². The van der Waals surface area contributed by atoms with Crippen LogP contribution in [-0.4, -0.2) is 32.0 Å². The molecule has 194 valence electrons. The molecule has 0 radical (unpaired) electrons. The first kappa shape index (κ1) is 26.1. The molecule has 6 nitrogen and oxygen atoms in total. The van der Waals surface area contributed by atoms with E-state index in [9.17, 15) is 9.18 Å². The molecule has 1 amide bonds. The predicted molar refractivity (Wildman–Crippen MR) is 155 cm³/mol. The Morgan fingerprint density at radius 2 is 1.89 bits per heavy atom. The van der Waals surface area contributed by atoms with Crippen molar-refractivity contribution in [3.63, 3.8) is 0 Å². The number of benzene rings is 2. The Hall–Kier alpha value is -3.56. The summed E-state index contributed by atoms with van der Waals surface area (Å²) in [4.78, 5) is 19.4. The molecule has 4 aromatic rings. The lowest BCUT2D eigenvalue weighted by atomic mass is 9.96. The number of hydrogen-bond donors (Lipinski definition) is 2. The number of anilines is 1. The van der Waals surface area contributed by atoms with Gasteiger partial charge in [0.15, 0.2) is 5.11 Å². The van der Waals surface area contributed by atoms with E-state index in [1.54, 1.807) is 24.4 Å². The number of pyridine rings is 1. The lowest BCUT2D eigenvalue weighted by Gasteiger charge is -2.28. The van der Waals surface area contributed by atoms with Crippen LogP contribution in [-0.2, 0) is 4.79 Å². The van der Waals surface area contributed by atoms with Crippen LogP contribution in [0.5, 0.6) is 0 Å². The molecule has 3 heterocycles. The van der Waals surface area contributed by atoms with Crippen molar-refractivity contribution in [1.82, 2.24) is 19.8 Å². The van der Waals surface area contributed by atoms with Crippen LogP contribution < -0.4 is 10.6 Å². The van der Waals surface area contributed by atoms with E-state index < -0.39 is 5.82 Å². The Morgan fingerprint density at radius 3 is 2.63 bits per heavy atom. The van der Waals surface area contributed by atoms with Crippen LogP contribution in [0.1, 0.15) is 41.1 Å². The number of carbonyl (C=O) groups excluding carboxylic acids is 1. The van der Waals surface area contributed by atoms with E-state index in [0.717, 1.165) is 32.8 Å². The zero-order valence-electron chi connectivity index (χ0n) is 21.0. The molecular weight excluding hydrogens is 565 g/mol. The Morgan fingerprint density at radius 1 is 1.11 bits per heavy atom. The van der Waals surface area contributed by atoms with Gasteiger partial charge in [0.05, 0.1) is 23.5 Å². The quantitative estimate of drug-likeness (QED) is 0.244. The molecule has 1 fully saturated rings. The number of para-hydroxylation sites is 1. The monoisotopic (exact) mass is 591 g/mol. The third-order valence-corrected chi connectivity index (χ3v) is 7.63. The lowest BCUT2D eigenvalue weighted by Crippen LogP contribution is -2.33. The number of hydrogen-bond acceptors (Lipinski definition) is 3. The molecule has 2 N–H and O–H groups in total. The SMILES string of the molecule is Cc1cc(C2C(c3ccccn3)NC(=S)N2CCC(=O)Nc2ccccc2F)c(C)n1-c1cccc(Br)c1. The van der Waals surface area contributed by atoms with Gasteiger partial charge in [0.2, 0.25) is 5.91 Å². The minimum atomic E-state index is -0.465. The topological polar surface area (TPSA) is 62.2 Å². The van der Waals surface area contributed by atoms with Crippen molar-refractivity contribution >= 4 is 44.9 Å². The number of aromatic nitrogens is 2. The fraction of sp³-hybridized carbons (Fsp3) is 0.207. The maximum Gasteiger partial charge on any atom is 0.226 e. The van der Waals surface area contributed by atoms with E-state index >= 15 is 0 Å². The van der Waals surface area contributed by atoms with Gasteiger partial charge in [-0.1, -0.05) is 40.2 Å². The second-order valence-electron chi connectivity index (χ2n) is 9.24. The van der Waals surface area contributed by atoms with Crippen molar-refractivity contribution in [3.05, 3.63) is 112 Å². The van der Waals surface area contributed by atoms with Crippen LogP contribution in [0, 0.1) is 19.7 Å². The van der Waals surface area contributed by atoms with E-state index in [1.165, 1.54) is 6.07 Å². The second-order valence-corrected chi connectivity index (χ2v) is 10.5. The van der Waals surface area contributed by atoms with Crippen LogP contribution in [0.25, 0.3) is 5.69 Å². The average molecular weight is 593 g/mol. The van der Waals surface area contributed by atoms with Gasteiger partial charge in [0.25, 0.3) is 0 Å². The zero-order valence-corrected chi connectivity index (χ0v) is 23.4. The maximum absolute atomic E-state index is 14.1. The summed E-state index contributed by atoms with van der Waals surface area (Å²) in [5.41, 5.74) is 5.36. The van der Waals surface area contributed by atoms with Gasteiger partial charge in [-0.15, -0.1) is 0 Å². The summed E-state index contributed by atoms with van der Waals surface area (Å²) in [6.45, 7) is 4.55. The molecule has 2 aromatic heterocycles. The van der Waals surface area contributed by atoms with Crippen LogP contribution >= 0.6 is 28.1 Å². The number of aryl methyl sites for hydroxylation is 1. The van der Waals surface area contributed by atoms with E-state index in [1.807, 2.05) is 35.2 Å². The highest BCUT2D eigenvalue weighted by molar-refractivity contribution is 9.10. The Kier molecular flexibility index (Phi) is 7.58. The minimum Gasteiger partial charge on any atom is -0.352 e. The van der Waals surface area contributed by atoms with E-state index in [2.05, 4.69) is 68.2 Å². The molecule has 1 saturated heterocycles. The normalized spacial score (nSPS) is 16.9. The third-order valence-electron chi connectivity index (χ3n) is 6.78. The van der Waals surface area contributed by atoms with Crippen molar-refractivity contribution in [2.24, 2.45) is 0 Å². The summed E-state index contributed by atoms with van der Waals surface area (Å²) < 4.78 is 17.3. The maximum atomic E-state index is 14.1. The fourth-order valence-corrected chi connectivity index (χ4v) is 5.80. The number of halogens is 2. The van der Waals surface area contributed by atoms with Gasteiger partial charge in [-0.25, -0.2) is 4.39 Å². The molecule has 5 rings (SSSR count). The molecule has 38 heavy (non-hydrogen) atoms. The molecular formula is C29H27BrFN5OS. The molecule has 0 saturated carbocycles. The number of nitrogens with zero attached hydrogens (tertiary/aromatic N) is 3. The number of nitrogens with one attached hydrogen (secondary N) is 2. The number of thiocarbonyl (C=S) groups is 1. The van der Waals surface area contributed by atoms with Gasteiger partial charge < -0.3 is 20.1 Å². The van der Waals surface area contributed by atoms with Crippen LogP contribution in [0.2, 0.25) is 0 Å². The highest BCUT2D eigenvalue weighted by Gasteiger charge is 2.41. The predicted octanol–water partition coefficient (Wildman–Crippen LogP) is 6.39. The van der Waals surface area contributed by atoms with E-state index in [-0.39, 0.29) is 30.1 Å². The van der Waals surface area contributed by atoms with Crippen molar-refractivity contribution in [1.29, 1.82) is 0 Å². The zero-order chi connectivity index (χ0) is 26.8. The van der Waals surface area contributed by atoms with Crippen molar-refractivity contribution in [2.75, 3.05) is 11.9 Å². The molecule has 0 spiro atoms. The molecule has 1 aliphatic heterocycles. The summed E-state index contributed by atoms with van der Waals surface area (Å²) in [6.07, 6.45) is 1.92. The Labute approximate surface area is 235 Å². The van der Waals surface area contributed by atoms with E-state index in [4.69, 9.17) is 12.2 Å². The molecule has 0 aliphatic carbocycles. The first-order valence-electron chi connectivity index (χ1n) is 12.3. The summed E-state index contributed by atoms with van der Waals surface area (Å²) in [6, 6.07) is 21.9. The van der Waals surface area contributed by atoms with Gasteiger partial charge in [0.1, 0.15) is 5.82 Å². The fourth-order valence-electron chi connectivity index (χ4n) is 5.08. The van der Waals surface area contributed by atoms with Crippen LogP contribution in [0.15, 0.2) is 83.5 Å². The summed E-state index contributed by atoms with van der Waals surface area (Å²) in [5, 5.41) is 6.67. The standard InChI is InChI=1S/C29H27BrFN5OS/c1-18-16-22(19(2)36(18)21-9-7-8-20(30)17-21)28-27(25-12-5-6-14-32-25)34-29(38)35(28)15-13-26(37)33-24-11-4-3-10-23(24)31/h3-12,14,16-17,27-28H,13,15H2,1-2H3,(H,33,37)(H,34,38). The van der Waals surface area contributed by atoms with E-state index in [0.29, 0.717) is 11.7 Å². The van der Waals surface area contributed by atoms with Gasteiger partial charge in [-0.3, -0.25) is 9.78 Å². The largest absolute Gasteiger partial charge is 0.352 e. The van der Waals surface area contributed by atoms with Gasteiger partial charge in [-0.05, 0) is 80.2 Å². The smallest absolute Gasteiger partial charge is 0.226 e. The number of amides is 1. The first-order valence-corrected chi connectivity index (χ1v) is 13.5. The Bertz CT molecular complexity index is 1490. The molecule has 9 heteroatoms. The molecule has 2 atom stereocenters. The minimum absolute atomic E-state index is 0.145. The molecule has 2 aromatic carbocycles. The molecule has 2 unspecified atom stereocenters. The summed E-state index contributed by atoms with van der Waals surface area (Å²) in [7, 11) is 0. The van der Waals surface area contributed by atoms with Crippen molar-refractivity contribution in [3.8, 4) is 5.69 Å².